The van der Waals surface area contributed by atoms with Crippen LogP contribution in [0.15, 0.2) is 30.3 Å². The molecule has 0 aliphatic carbocycles. The lowest BCUT2D eigenvalue weighted by Gasteiger charge is -2.06. The fraction of sp³-hybridized carbons (Fsp3) is 0.333. The molecule has 2 rings (SSSR count). The van der Waals surface area contributed by atoms with E-state index in [0.29, 0.717) is 5.82 Å². The number of anilines is 1. The van der Waals surface area contributed by atoms with E-state index in [2.05, 4.69) is 48.1 Å². The number of hydrogen-bond acceptors (Lipinski definition) is 3. The Morgan fingerprint density at radius 3 is 2.67 bits per heavy atom. The molecule has 0 saturated carbocycles. The van der Waals surface area contributed by atoms with Crippen LogP contribution in [0.1, 0.15) is 31.7 Å². The van der Waals surface area contributed by atoms with Crippen LogP contribution in [0.2, 0.25) is 0 Å². The molecule has 2 N–H and O–H groups in total. The third-order valence-corrected chi connectivity index (χ3v) is 2.90. The van der Waals surface area contributed by atoms with Crippen LogP contribution in [-0.2, 0) is 12.8 Å². The van der Waals surface area contributed by atoms with Gasteiger partial charge in [0.15, 0.2) is 0 Å². The fourth-order valence-electron chi connectivity index (χ4n) is 1.95. The molecular weight excluding hydrogens is 222 g/mol. The predicted octanol–water partition coefficient (Wildman–Crippen LogP) is 3.24. The van der Waals surface area contributed by atoms with Gasteiger partial charge in [-0.2, -0.15) is 0 Å². The maximum Gasteiger partial charge on any atom is 0.131 e. The summed E-state index contributed by atoms with van der Waals surface area (Å²) >= 11 is 0. The number of benzene rings is 1. The van der Waals surface area contributed by atoms with E-state index < -0.39 is 0 Å². The van der Waals surface area contributed by atoms with Crippen molar-refractivity contribution in [2.45, 2.75) is 33.1 Å². The van der Waals surface area contributed by atoms with Gasteiger partial charge in [-0.25, -0.2) is 9.97 Å². The monoisotopic (exact) mass is 241 g/mol. The van der Waals surface area contributed by atoms with Gasteiger partial charge in [0.05, 0.1) is 5.69 Å². The lowest BCUT2D eigenvalue weighted by molar-refractivity contribution is 0.839. The Hall–Kier alpha value is -1.90. The molecule has 94 valence electrons. The summed E-state index contributed by atoms with van der Waals surface area (Å²) in [6.07, 6.45) is 2.92. The van der Waals surface area contributed by atoms with Crippen molar-refractivity contribution >= 4 is 5.82 Å². The van der Waals surface area contributed by atoms with E-state index in [1.807, 2.05) is 6.07 Å². The van der Waals surface area contributed by atoms with Crippen molar-refractivity contribution in [3.8, 4) is 11.3 Å². The molecule has 1 aromatic heterocycles. The molecule has 3 heteroatoms. The van der Waals surface area contributed by atoms with Crippen LogP contribution < -0.4 is 5.73 Å². The molecule has 3 nitrogen and oxygen atoms in total. The number of nitrogens with zero attached hydrogens (tertiary/aromatic N) is 2. The summed E-state index contributed by atoms with van der Waals surface area (Å²) in [5.41, 5.74) is 9.18. The molecule has 0 bridgehead atoms. The highest BCUT2D eigenvalue weighted by Crippen LogP contribution is 2.20. The van der Waals surface area contributed by atoms with Crippen LogP contribution in [0.5, 0.6) is 0 Å². The van der Waals surface area contributed by atoms with Crippen molar-refractivity contribution in [2.75, 3.05) is 5.73 Å². The molecule has 0 atom stereocenters. The Morgan fingerprint density at radius 2 is 1.94 bits per heavy atom. The van der Waals surface area contributed by atoms with Gasteiger partial charge in [0.1, 0.15) is 11.6 Å². The van der Waals surface area contributed by atoms with Crippen LogP contribution in [-0.4, -0.2) is 9.97 Å². The third kappa shape index (κ3) is 2.86. The first-order chi connectivity index (χ1) is 8.72. The molecule has 0 unspecified atom stereocenters. The third-order valence-electron chi connectivity index (χ3n) is 2.90. The van der Waals surface area contributed by atoms with E-state index in [4.69, 9.17) is 5.73 Å². The lowest BCUT2D eigenvalue weighted by Crippen LogP contribution is -2.01. The van der Waals surface area contributed by atoms with Gasteiger partial charge < -0.3 is 5.73 Å². The van der Waals surface area contributed by atoms with Crippen LogP contribution >= 0.6 is 0 Å². The van der Waals surface area contributed by atoms with Crippen molar-refractivity contribution in [3.63, 3.8) is 0 Å². The highest BCUT2D eigenvalue weighted by atomic mass is 14.9. The van der Waals surface area contributed by atoms with Gasteiger partial charge in [-0.3, -0.25) is 0 Å². The molecule has 0 fully saturated rings. The van der Waals surface area contributed by atoms with Crippen LogP contribution in [0.25, 0.3) is 11.3 Å². The van der Waals surface area contributed by atoms with Crippen molar-refractivity contribution in [2.24, 2.45) is 0 Å². The normalized spacial score (nSPS) is 10.6. The predicted molar refractivity (Wildman–Crippen MR) is 75.3 cm³/mol. The molecule has 0 aliphatic heterocycles. The number of aromatic nitrogens is 2. The summed E-state index contributed by atoms with van der Waals surface area (Å²) in [4.78, 5) is 8.84. The van der Waals surface area contributed by atoms with Gasteiger partial charge in [0.25, 0.3) is 0 Å². The maximum absolute atomic E-state index is 5.85. The average Bonchev–Trinajstić information content (AvgIpc) is 2.38. The summed E-state index contributed by atoms with van der Waals surface area (Å²) in [6, 6.07) is 10.3. The minimum atomic E-state index is 0.547. The van der Waals surface area contributed by atoms with Gasteiger partial charge in [0, 0.05) is 18.1 Å². The number of nitrogens with two attached hydrogens (primary N) is 1. The van der Waals surface area contributed by atoms with E-state index >= 15 is 0 Å². The van der Waals surface area contributed by atoms with Crippen molar-refractivity contribution in [3.05, 3.63) is 41.7 Å². The molecule has 0 amide bonds. The Bertz CT molecular complexity index is 535. The molecule has 2 aromatic rings. The van der Waals surface area contributed by atoms with Gasteiger partial charge in [-0.05, 0) is 24.5 Å². The second-order valence-electron chi connectivity index (χ2n) is 4.40. The summed E-state index contributed by atoms with van der Waals surface area (Å²) in [6.45, 7) is 4.26. The minimum absolute atomic E-state index is 0.547. The van der Waals surface area contributed by atoms with E-state index in [0.717, 1.165) is 36.3 Å². The smallest absolute Gasteiger partial charge is 0.131 e. The first-order valence-electron chi connectivity index (χ1n) is 6.45. The Morgan fingerprint density at radius 1 is 1.11 bits per heavy atom. The molecule has 0 radical (unpaired) electrons. The number of rotatable bonds is 4. The number of nitrogen functional groups attached to an aromatic ring is 1. The maximum atomic E-state index is 5.85. The summed E-state index contributed by atoms with van der Waals surface area (Å²) in [5, 5.41) is 0. The molecule has 0 spiro atoms. The first kappa shape index (κ1) is 12.6. The van der Waals surface area contributed by atoms with Crippen molar-refractivity contribution in [1.82, 2.24) is 9.97 Å². The zero-order chi connectivity index (χ0) is 13.0. The van der Waals surface area contributed by atoms with Crippen LogP contribution in [0.3, 0.4) is 0 Å². The van der Waals surface area contributed by atoms with E-state index in [1.54, 1.807) is 0 Å². The quantitative estimate of drug-likeness (QED) is 0.894. The number of aryl methyl sites for hydroxylation is 2. The van der Waals surface area contributed by atoms with E-state index in [-0.39, 0.29) is 0 Å². The van der Waals surface area contributed by atoms with Gasteiger partial charge in [-0.15, -0.1) is 0 Å². The zero-order valence-electron chi connectivity index (χ0n) is 11.0. The Kier molecular flexibility index (Phi) is 3.92. The second kappa shape index (κ2) is 5.63. The van der Waals surface area contributed by atoms with E-state index in [1.165, 1.54) is 5.56 Å². The van der Waals surface area contributed by atoms with Gasteiger partial charge in [0.2, 0.25) is 0 Å². The van der Waals surface area contributed by atoms with Crippen molar-refractivity contribution in [1.29, 1.82) is 0 Å². The molecule has 1 heterocycles. The number of hydrogen-bond donors (Lipinski definition) is 1. The highest BCUT2D eigenvalue weighted by molar-refractivity contribution is 5.62. The highest BCUT2D eigenvalue weighted by Gasteiger charge is 2.05. The van der Waals surface area contributed by atoms with Crippen molar-refractivity contribution < 1.29 is 0 Å². The second-order valence-corrected chi connectivity index (χ2v) is 4.40. The molecule has 0 aliphatic rings. The van der Waals surface area contributed by atoms with Crippen LogP contribution in [0, 0.1) is 0 Å². The minimum Gasteiger partial charge on any atom is -0.384 e. The van der Waals surface area contributed by atoms with Crippen LogP contribution in [0.4, 0.5) is 5.82 Å². The Labute approximate surface area is 108 Å². The molecule has 1 aromatic carbocycles. The fourth-order valence-corrected chi connectivity index (χ4v) is 1.95. The van der Waals surface area contributed by atoms with Gasteiger partial charge >= 0.3 is 0 Å². The van der Waals surface area contributed by atoms with E-state index in [9.17, 15) is 0 Å². The largest absolute Gasteiger partial charge is 0.384 e. The topological polar surface area (TPSA) is 51.8 Å². The van der Waals surface area contributed by atoms with Gasteiger partial charge in [-0.1, -0.05) is 32.0 Å². The molecular formula is C15H19N3. The zero-order valence-corrected chi connectivity index (χ0v) is 11.0. The Balaban J connectivity index is 2.42. The summed E-state index contributed by atoms with van der Waals surface area (Å²) < 4.78 is 0. The summed E-state index contributed by atoms with van der Waals surface area (Å²) in [5.74, 6) is 1.37. The standard InChI is InChI=1S/C15H19N3/c1-3-6-15-17-13(10-14(16)18-15)12-8-5-7-11(4-2)9-12/h5,7-10H,3-4,6H2,1-2H3,(H2,16,17,18). The average molecular weight is 241 g/mol. The molecule has 0 saturated heterocycles. The summed E-state index contributed by atoms with van der Waals surface area (Å²) in [7, 11) is 0. The first-order valence-corrected chi connectivity index (χ1v) is 6.45. The lowest BCUT2D eigenvalue weighted by atomic mass is 10.1. The molecule has 18 heavy (non-hydrogen) atoms. The SMILES string of the molecule is CCCc1nc(N)cc(-c2cccc(CC)c2)n1.